The molecule has 6 heteroatoms. The lowest BCUT2D eigenvalue weighted by atomic mass is 9.87. The maximum atomic E-state index is 12.5. The van der Waals surface area contributed by atoms with E-state index in [4.69, 9.17) is 10.5 Å². The number of nitrogens with one attached hydrogen (secondary N) is 1. The first kappa shape index (κ1) is 17.6. The summed E-state index contributed by atoms with van der Waals surface area (Å²) in [7, 11) is 1.55. The van der Waals surface area contributed by atoms with Crippen molar-refractivity contribution >= 4 is 23.2 Å². The van der Waals surface area contributed by atoms with E-state index in [9.17, 15) is 9.59 Å². The first-order chi connectivity index (χ1) is 12.0. The Morgan fingerprint density at radius 2 is 2.00 bits per heavy atom. The highest BCUT2D eigenvalue weighted by molar-refractivity contribution is 5.97. The van der Waals surface area contributed by atoms with Gasteiger partial charge in [0.15, 0.2) is 0 Å². The lowest BCUT2D eigenvalue weighted by molar-refractivity contribution is -0.130. The lowest BCUT2D eigenvalue weighted by Crippen LogP contribution is -2.39. The molecule has 3 N–H and O–H groups in total. The van der Waals surface area contributed by atoms with Crippen molar-refractivity contribution in [1.29, 1.82) is 0 Å². The highest BCUT2D eigenvalue weighted by Gasteiger charge is 2.38. The number of nitrogens with zero attached hydrogens (tertiary/aromatic N) is 1. The Kier molecular flexibility index (Phi) is 5.16. The average molecular weight is 345 g/mol. The first-order valence-corrected chi connectivity index (χ1v) is 9.01. The third-order valence-electron chi connectivity index (χ3n) is 5.45. The maximum Gasteiger partial charge on any atom is 0.229 e. The van der Waals surface area contributed by atoms with Gasteiger partial charge < -0.3 is 20.7 Å². The van der Waals surface area contributed by atoms with Gasteiger partial charge in [0.1, 0.15) is 5.75 Å². The number of ether oxygens (including phenoxy) is 1. The fourth-order valence-electron chi connectivity index (χ4n) is 3.87. The third-order valence-corrected chi connectivity index (χ3v) is 5.45. The summed E-state index contributed by atoms with van der Waals surface area (Å²) in [6.07, 6.45) is 4.73. The van der Waals surface area contributed by atoms with Gasteiger partial charge in [-0.15, -0.1) is 0 Å². The SMILES string of the molecule is COc1ccc(NC(=O)C2CC(=O)N(C3CCC(C)CC3)C2)cc1N. The number of carbonyl (C=O) groups excluding carboxylic acids is 2. The molecule has 1 aromatic carbocycles. The molecule has 1 saturated carbocycles. The van der Waals surface area contributed by atoms with Gasteiger partial charge in [-0.2, -0.15) is 0 Å². The van der Waals surface area contributed by atoms with Crippen LogP contribution >= 0.6 is 0 Å². The molecule has 0 bridgehead atoms. The molecule has 1 aromatic rings. The van der Waals surface area contributed by atoms with Crippen LogP contribution in [0.4, 0.5) is 11.4 Å². The van der Waals surface area contributed by atoms with Crippen LogP contribution in [0.2, 0.25) is 0 Å². The van der Waals surface area contributed by atoms with Crippen molar-refractivity contribution in [2.45, 2.75) is 45.1 Å². The smallest absolute Gasteiger partial charge is 0.229 e. The predicted molar refractivity (Wildman–Crippen MR) is 97.3 cm³/mol. The molecule has 25 heavy (non-hydrogen) atoms. The number of carbonyl (C=O) groups is 2. The van der Waals surface area contributed by atoms with Gasteiger partial charge in [0.2, 0.25) is 11.8 Å². The second-order valence-electron chi connectivity index (χ2n) is 7.31. The van der Waals surface area contributed by atoms with Crippen molar-refractivity contribution in [2.24, 2.45) is 11.8 Å². The Labute approximate surface area is 148 Å². The van der Waals surface area contributed by atoms with E-state index >= 15 is 0 Å². The predicted octanol–water partition coefficient (Wildman–Crippen LogP) is 2.64. The standard InChI is InChI=1S/C19H27N3O3/c1-12-3-6-15(7-4-12)22-11-13(9-18(22)23)19(24)21-14-5-8-17(25-2)16(20)10-14/h5,8,10,12-13,15H,3-4,6-7,9,11,20H2,1-2H3,(H,21,24). The number of benzene rings is 1. The fourth-order valence-corrected chi connectivity index (χ4v) is 3.87. The molecule has 0 radical (unpaired) electrons. The van der Waals surface area contributed by atoms with Crippen molar-refractivity contribution in [2.75, 3.05) is 24.7 Å². The van der Waals surface area contributed by atoms with E-state index in [2.05, 4.69) is 12.2 Å². The number of anilines is 2. The van der Waals surface area contributed by atoms with Crippen LogP contribution in [-0.4, -0.2) is 36.4 Å². The van der Waals surface area contributed by atoms with Crippen LogP contribution in [0.5, 0.6) is 5.75 Å². The summed E-state index contributed by atoms with van der Waals surface area (Å²) in [5.74, 6) is 1.01. The van der Waals surface area contributed by atoms with E-state index in [1.54, 1.807) is 25.3 Å². The first-order valence-electron chi connectivity index (χ1n) is 9.01. The van der Waals surface area contributed by atoms with Gasteiger partial charge in [0, 0.05) is 24.7 Å². The van der Waals surface area contributed by atoms with Crippen LogP contribution in [0, 0.1) is 11.8 Å². The lowest BCUT2D eigenvalue weighted by Gasteiger charge is -2.33. The van der Waals surface area contributed by atoms with Crippen molar-refractivity contribution in [3.8, 4) is 5.75 Å². The Balaban J connectivity index is 1.60. The van der Waals surface area contributed by atoms with Crippen LogP contribution in [-0.2, 0) is 9.59 Å². The molecule has 136 valence electrons. The summed E-state index contributed by atoms with van der Waals surface area (Å²) >= 11 is 0. The quantitative estimate of drug-likeness (QED) is 0.822. The summed E-state index contributed by atoms with van der Waals surface area (Å²) < 4.78 is 5.12. The summed E-state index contributed by atoms with van der Waals surface area (Å²) in [5.41, 5.74) is 6.97. The number of methoxy groups -OCH3 is 1. The largest absolute Gasteiger partial charge is 0.495 e. The average Bonchev–Trinajstić information content (AvgIpc) is 2.98. The number of hydrogen-bond acceptors (Lipinski definition) is 4. The van der Waals surface area contributed by atoms with Crippen molar-refractivity contribution in [3.63, 3.8) is 0 Å². The molecule has 1 atom stereocenters. The third kappa shape index (κ3) is 3.89. The van der Waals surface area contributed by atoms with Crippen LogP contribution in [0.1, 0.15) is 39.0 Å². The van der Waals surface area contributed by atoms with E-state index in [0.29, 0.717) is 36.1 Å². The van der Waals surface area contributed by atoms with Gasteiger partial charge in [-0.05, 0) is 49.8 Å². The highest BCUT2D eigenvalue weighted by atomic mass is 16.5. The van der Waals surface area contributed by atoms with Gasteiger partial charge in [-0.25, -0.2) is 0 Å². The molecule has 0 aromatic heterocycles. The monoisotopic (exact) mass is 345 g/mol. The van der Waals surface area contributed by atoms with Gasteiger partial charge in [0.25, 0.3) is 0 Å². The van der Waals surface area contributed by atoms with Crippen LogP contribution in [0.15, 0.2) is 18.2 Å². The van der Waals surface area contributed by atoms with E-state index in [-0.39, 0.29) is 17.7 Å². The molecule has 1 unspecified atom stereocenters. The van der Waals surface area contributed by atoms with Gasteiger partial charge >= 0.3 is 0 Å². The number of nitrogen functional groups attached to an aromatic ring is 1. The van der Waals surface area contributed by atoms with Gasteiger partial charge in [-0.1, -0.05) is 6.92 Å². The van der Waals surface area contributed by atoms with Crippen molar-refractivity contribution in [3.05, 3.63) is 18.2 Å². The highest BCUT2D eigenvalue weighted by Crippen LogP contribution is 2.32. The number of nitrogens with two attached hydrogens (primary N) is 1. The van der Waals surface area contributed by atoms with Gasteiger partial charge in [-0.3, -0.25) is 9.59 Å². The molecule has 1 aliphatic carbocycles. The normalized spacial score (nSPS) is 26.6. The van der Waals surface area contributed by atoms with Crippen molar-refractivity contribution in [1.82, 2.24) is 4.90 Å². The zero-order valence-corrected chi connectivity index (χ0v) is 15.0. The number of amides is 2. The molecular weight excluding hydrogens is 318 g/mol. The topological polar surface area (TPSA) is 84.7 Å². The second-order valence-corrected chi connectivity index (χ2v) is 7.31. The minimum Gasteiger partial charge on any atom is -0.495 e. The molecule has 0 spiro atoms. The summed E-state index contributed by atoms with van der Waals surface area (Å²) in [5, 5.41) is 2.87. The molecule has 2 fully saturated rings. The molecule has 3 rings (SSSR count). The fraction of sp³-hybridized carbons (Fsp3) is 0.579. The van der Waals surface area contributed by atoms with Crippen molar-refractivity contribution < 1.29 is 14.3 Å². The van der Waals surface area contributed by atoms with Gasteiger partial charge in [0.05, 0.1) is 18.7 Å². The molecule has 1 aliphatic heterocycles. The second kappa shape index (κ2) is 7.33. The Morgan fingerprint density at radius 1 is 1.28 bits per heavy atom. The van der Waals surface area contributed by atoms with Crippen LogP contribution in [0.25, 0.3) is 0 Å². The zero-order valence-electron chi connectivity index (χ0n) is 15.0. The maximum absolute atomic E-state index is 12.5. The molecule has 2 amide bonds. The van der Waals surface area contributed by atoms with E-state index < -0.39 is 0 Å². The minimum absolute atomic E-state index is 0.106. The van der Waals surface area contributed by atoms with E-state index in [1.807, 2.05) is 4.90 Å². The molecular formula is C19H27N3O3. The summed E-state index contributed by atoms with van der Waals surface area (Å²) in [6.45, 7) is 2.79. The Bertz CT molecular complexity index is 653. The Morgan fingerprint density at radius 3 is 2.64 bits per heavy atom. The number of hydrogen-bond donors (Lipinski definition) is 2. The van der Waals surface area contributed by atoms with Crippen LogP contribution < -0.4 is 15.8 Å². The number of likely N-dealkylation sites (tertiary alicyclic amines) is 1. The zero-order chi connectivity index (χ0) is 18.0. The Hall–Kier alpha value is -2.24. The minimum atomic E-state index is -0.296. The number of rotatable bonds is 4. The molecule has 1 heterocycles. The molecule has 6 nitrogen and oxygen atoms in total. The summed E-state index contributed by atoms with van der Waals surface area (Å²) in [4.78, 5) is 26.8. The molecule has 2 aliphatic rings. The summed E-state index contributed by atoms with van der Waals surface area (Å²) in [6, 6.07) is 5.45. The van der Waals surface area contributed by atoms with E-state index in [0.717, 1.165) is 31.6 Å². The van der Waals surface area contributed by atoms with Crippen LogP contribution in [0.3, 0.4) is 0 Å². The van der Waals surface area contributed by atoms with E-state index in [1.165, 1.54) is 0 Å². The molecule has 1 saturated heterocycles.